The molecule has 1 aliphatic heterocycles. The van der Waals surface area contributed by atoms with E-state index in [1.54, 1.807) is 0 Å². The van der Waals surface area contributed by atoms with Gasteiger partial charge in [0.25, 0.3) is 0 Å². The van der Waals surface area contributed by atoms with Gasteiger partial charge in [0, 0.05) is 19.0 Å². The number of carbonyl (C=O) groups excluding carboxylic acids is 1. The van der Waals surface area contributed by atoms with E-state index >= 15 is 0 Å². The van der Waals surface area contributed by atoms with Crippen LogP contribution < -0.4 is 0 Å². The standard InChI is InChI=1S/C15H25NO/c17-15(11-12-5-1-2-6-12)16-10-9-14(16)13-7-3-4-8-13/h12-14H,1-11H2. The summed E-state index contributed by atoms with van der Waals surface area (Å²) in [5.41, 5.74) is 0. The molecule has 0 radical (unpaired) electrons. The summed E-state index contributed by atoms with van der Waals surface area (Å²) in [6.07, 6.45) is 13.0. The molecule has 0 aromatic rings. The highest BCUT2D eigenvalue weighted by Crippen LogP contribution is 2.37. The van der Waals surface area contributed by atoms with E-state index in [4.69, 9.17) is 0 Å². The van der Waals surface area contributed by atoms with Crippen molar-refractivity contribution in [2.24, 2.45) is 11.8 Å². The van der Waals surface area contributed by atoms with Crippen LogP contribution in [-0.2, 0) is 4.79 Å². The molecule has 17 heavy (non-hydrogen) atoms. The Balaban J connectivity index is 1.51. The predicted octanol–water partition coefficient (Wildman–Crippen LogP) is 3.36. The van der Waals surface area contributed by atoms with E-state index in [1.165, 1.54) is 57.8 Å². The minimum atomic E-state index is 0.472. The zero-order chi connectivity index (χ0) is 11.7. The van der Waals surface area contributed by atoms with E-state index in [-0.39, 0.29) is 0 Å². The van der Waals surface area contributed by atoms with Gasteiger partial charge in [-0.25, -0.2) is 0 Å². The van der Waals surface area contributed by atoms with Crippen LogP contribution in [0.4, 0.5) is 0 Å². The molecule has 1 heterocycles. The van der Waals surface area contributed by atoms with Crippen molar-refractivity contribution in [3.8, 4) is 0 Å². The Morgan fingerprint density at radius 1 is 0.941 bits per heavy atom. The molecule has 2 aliphatic carbocycles. The normalized spacial score (nSPS) is 30.8. The highest BCUT2D eigenvalue weighted by Gasteiger charge is 2.39. The fourth-order valence-electron chi connectivity index (χ4n) is 4.13. The SMILES string of the molecule is O=C(CC1CCCC1)N1CCC1C1CCCC1. The van der Waals surface area contributed by atoms with Crippen molar-refractivity contribution >= 4 is 5.91 Å². The van der Waals surface area contributed by atoms with Crippen molar-refractivity contribution in [3.63, 3.8) is 0 Å². The summed E-state index contributed by atoms with van der Waals surface area (Å²) in [4.78, 5) is 14.5. The molecule has 0 spiro atoms. The van der Waals surface area contributed by atoms with E-state index < -0.39 is 0 Å². The van der Waals surface area contributed by atoms with Gasteiger partial charge in [-0.2, -0.15) is 0 Å². The van der Waals surface area contributed by atoms with Gasteiger partial charge in [-0.1, -0.05) is 25.7 Å². The summed E-state index contributed by atoms with van der Waals surface area (Å²) < 4.78 is 0. The van der Waals surface area contributed by atoms with Gasteiger partial charge in [0.2, 0.25) is 5.91 Å². The Bertz CT molecular complexity index is 277. The van der Waals surface area contributed by atoms with Gasteiger partial charge in [-0.15, -0.1) is 0 Å². The lowest BCUT2D eigenvalue weighted by atomic mass is 9.87. The fraction of sp³-hybridized carbons (Fsp3) is 0.933. The number of hydrogen-bond donors (Lipinski definition) is 0. The fourth-order valence-corrected chi connectivity index (χ4v) is 4.13. The molecule has 2 nitrogen and oxygen atoms in total. The molecule has 0 bridgehead atoms. The van der Waals surface area contributed by atoms with Crippen LogP contribution in [0.1, 0.15) is 64.2 Å². The third-order valence-corrected chi connectivity index (χ3v) is 5.27. The smallest absolute Gasteiger partial charge is 0.223 e. The van der Waals surface area contributed by atoms with E-state index in [2.05, 4.69) is 4.90 Å². The minimum Gasteiger partial charge on any atom is -0.339 e. The van der Waals surface area contributed by atoms with Gasteiger partial charge < -0.3 is 4.90 Å². The molecule has 1 amide bonds. The van der Waals surface area contributed by atoms with Gasteiger partial charge in [0.05, 0.1) is 0 Å². The molecule has 1 unspecified atom stereocenters. The first-order valence-electron chi connectivity index (χ1n) is 7.64. The number of amides is 1. The summed E-state index contributed by atoms with van der Waals surface area (Å²) in [6, 6.07) is 0.631. The number of carbonyl (C=O) groups is 1. The van der Waals surface area contributed by atoms with Crippen molar-refractivity contribution in [2.75, 3.05) is 6.54 Å². The Labute approximate surface area is 105 Å². The van der Waals surface area contributed by atoms with Crippen LogP contribution in [0.5, 0.6) is 0 Å². The van der Waals surface area contributed by atoms with Gasteiger partial charge in [-0.05, 0) is 43.9 Å². The molecule has 0 aromatic carbocycles. The molecule has 3 rings (SSSR count). The highest BCUT2D eigenvalue weighted by molar-refractivity contribution is 5.77. The second kappa shape index (κ2) is 4.99. The maximum Gasteiger partial charge on any atom is 0.223 e. The van der Waals surface area contributed by atoms with Crippen LogP contribution in [0.15, 0.2) is 0 Å². The first-order valence-corrected chi connectivity index (χ1v) is 7.64. The maximum absolute atomic E-state index is 12.3. The lowest BCUT2D eigenvalue weighted by Crippen LogP contribution is -2.54. The van der Waals surface area contributed by atoms with Gasteiger partial charge >= 0.3 is 0 Å². The highest BCUT2D eigenvalue weighted by atomic mass is 16.2. The summed E-state index contributed by atoms with van der Waals surface area (Å²) in [5.74, 6) is 2.03. The topological polar surface area (TPSA) is 20.3 Å². The summed E-state index contributed by atoms with van der Waals surface area (Å²) >= 11 is 0. The van der Waals surface area contributed by atoms with Crippen molar-refractivity contribution in [1.29, 1.82) is 0 Å². The third-order valence-electron chi connectivity index (χ3n) is 5.27. The van der Waals surface area contributed by atoms with Crippen LogP contribution in [-0.4, -0.2) is 23.4 Å². The van der Waals surface area contributed by atoms with Crippen molar-refractivity contribution in [1.82, 2.24) is 4.90 Å². The summed E-state index contributed by atoms with van der Waals surface area (Å²) in [6.45, 7) is 1.05. The molecule has 3 fully saturated rings. The third kappa shape index (κ3) is 2.36. The van der Waals surface area contributed by atoms with Crippen LogP contribution in [0.3, 0.4) is 0 Å². The zero-order valence-corrected chi connectivity index (χ0v) is 10.9. The molecule has 0 N–H and O–H groups in total. The average Bonchev–Trinajstić information content (AvgIpc) is 2.88. The van der Waals surface area contributed by atoms with Gasteiger partial charge in [0.15, 0.2) is 0 Å². The van der Waals surface area contributed by atoms with Crippen molar-refractivity contribution in [2.45, 2.75) is 70.3 Å². The largest absolute Gasteiger partial charge is 0.339 e. The van der Waals surface area contributed by atoms with Crippen LogP contribution >= 0.6 is 0 Å². The number of nitrogens with zero attached hydrogens (tertiary/aromatic N) is 1. The van der Waals surface area contributed by atoms with Crippen LogP contribution in [0.2, 0.25) is 0 Å². The van der Waals surface area contributed by atoms with Gasteiger partial charge in [0.1, 0.15) is 0 Å². The maximum atomic E-state index is 12.3. The average molecular weight is 235 g/mol. The number of rotatable bonds is 3. The van der Waals surface area contributed by atoms with E-state index in [0.29, 0.717) is 17.9 Å². The number of likely N-dealkylation sites (tertiary alicyclic amines) is 1. The first kappa shape index (κ1) is 11.6. The molecule has 0 aromatic heterocycles. The molecule has 1 saturated heterocycles. The molecule has 96 valence electrons. The molecular weight excluding hydrogens is 210 g/mol. The predicted molar refractivity (Wildman–Crippen MR) is 68.7 cm³/mol. The van der Waals surface area contributed by atoms with E-state index in [1.807, 2.05) is 0 Å². The Kier molecular flexibility index (Phi) is 3.39. The van der Waals surface area contributed by atoms with Crippen LogP contribution in [0, 0.1) is 11.8 Å². The van der Waals surface area contributed by atoms with E-state index in [9.17, 15) is 4.79 Å². The monoisotopic (exact) mass is 235 g/mol. The Hall–Kier alpha value is -0.530. The van der Waals surface area contributed by atoms with E-state index in [0.717, 1.165) is 18.9 Å². The second-order valence-electron chi connectivity index (χ2n) is 6.34. The lowest BCUT2D eigenvalue weighted by molar-refractivity contribution is -0.142. The first-order chi connectivity index (χ1) is 8.34. The Morgan fingerprint density at radius 2 is 1.59 bits per heavy atom. The van der Waals surface area contributed by atoms with Crippen molar-refractivity contribution < 1.29 is 4.79 Å². The summed E-state index contributed by atoms with van der Waals surface area (Å²) in [7, 11) is 0. The quantitative estimate of drug-likeness (QED) is 0.734. The van der Waals surface area contributed by atoms with Crippen LogP contribution in [0.25, 0.3) is 0 Å². The molecule has 1 atom stereocenters. The molecule has 2 heteroatoms. The zero-order valence-electron chi connectivity index (χ0n) is 10.9. The Morgan fingerprint density at radius 3 is 2.18 bits per heavy atom. The molecule has 2 saturated carbocycles. The summed E-state index contributed by atoms with van der Waals surface area (Å²) in [5, 5.41) is 0. The number of hydrogen-bond acceptors (Lipinski definition) is 1. The minimum absolute atomic E-state index is 0.472. The molecular formula is C15H25NO. The lowest BCUT2D eigenvalue weighted by Gasteiger charge is -2.45. The second-order valence-corrected chi connectivity index (χ2v) is 6.34. The van der Waals surface area contributed by atoms with Gasteiger partial charge in [-0.3, -0.25) is 4.79 Å². The van der Waals surface area contributed by atoms with Crippen molar-refractivity contribution in [3.05, 3.63) is 0 Å². The molecule has 3 aliphatic rings.